The first-order valence-electron chi connectivity index (χ1n) is 5.87. The van der Waals surface area contributed by atoms with E-state index >= 15 is 0 Å². The van der Waals surface area contributed by atoms with Gasteiger partial charge in [-0.15, -0.1) is 0 Å². The highest BCUT2D eigenvalue weighted by Gasteiger charge is 2.11. The summed E-state index contributed by atoms with van der Waals surface area (Å²) in [6.45, 7) is 1.71. The van der Waals surface area contributed by atoms with Crippen molar-refractivity contribution >= 4 is 29.4 Å². The highest BCUT2D eigenvalue weighted by atomic mass is 32.2. The van der Waals surface area contributed by atoms with Gasteiger partial charge >= 0.3 is 0 Å². The van der Waals surface area contributed by atoms with Crippen LogP contribution in [0.2, 0.25) is 0 Å². The van der Waals surface area contributed by atoms with Crippen molar-refractivity contribution in [1.29, 1.82) is 0 Å². The fraction of sp³-hybridized carbons (Fsp3) is 0.417. The van der Waals surface area contributed by atoms with Gasteiger partial charge in [-0.2, -0.15) is 0 Å². The van der Waals surface area contributed by atoms with Crippen LogP contribution in [-0.2, 0) is 4.18 Å². The Labute approximate surface area is 112 Å². The molecule has 1 aromatic rings. The molecule has 1 fully saturated rings. The molecule has 1 aliphatic rings. The number of benzene rings is 1. The van der Waals surface area contributed by atoms with E-state index in [1.807, 2.05) is 26.2 Å². The van der Waals surface area contributed by atoms with Gasteiger partial charge in [0.2, 0.25) is 0 Å². The van der Waals surface area contributed by atoms with Crippen LogP contribution in [0.5, 0.6) is 0 Å². The molecule has 0 radical (unpaired) electrons. The van der Waals surface area contributed by atoms with Gasteiger partial charge in [0.05, 0.1) is 18.2 Å². The number of hydrogen-bond donors (Lipinski definition) is 2. The number of nitrogens with zero attached hydrogens (tertiary/aromatic N) is 2. The van der Waals surface area contributed by atoms with Crippen LogP contribution in [0.3, 0.4) is 0 Å². The Morgan fingerprint density at radius 1 is 1.28 bits per heavy atom. The van der Waals surface area contributed by atoms with Crippen LogP contribution in [0, 0.1) is 0 Å². The third kappa shape index (κ3) is 3.30. The monoisotopic (exact) mass is 266 g/mol. The first kappa shape index (κ1) is 13.0. The van der Waals surface area contributed by atoms with Crippen LogP contribution in [0.1, 0.15) is 0 Å². The van der Waals surface area contributed by atoms with Crippen molar-refractivity contribution in [2.45, 2.75) is 0 Å². The van der Waals surface area contributed by atoms with Crippen molar-refractivity contribution in [1.82, 2.24) is 10.6 Å². The molecule has 0 spiro atoms. The summed E-state index contributed by atoms with van der Waals surface area (Å²) < 4.78 is 5.26. The van der Waals surface area contributed by atoms with Gasteiger partial charge in [-0.3, -0.25) is 0 Å². The minimum atomic E-state index is 0.754. The van der Waals surface area contributed by atoms with Crippen LogP contribution in [0.25, 0.3) is 0 Å². The lowest BCUT2D eigenvalue weighted by molar-refractivity contribution is 0.367. The van der Waals surface area contributed by atoms with Crippen molar-refractivity contribution in [3.8, 4) is 0 Å². The summed E-state index contributed by atoms with van der Waals surface area (Å²) >= 11 is 1.50. The molecule has 5 nitrogen and oxygen atoms in total. The molecule has 2 N–H and O–H groups in total. The summed E-state index contributed by atoms with van der Waals surface area (Å²) in [7, 11) is 3.68. The molecule has 0 atom stereocenters. The minimum absolute atomic E-state index is 0.754. The lowest BCUT2D eigenvalue weighted by atomic mass is 10.2. The maximum absolute atomic E-state index is 5.26. The molecule has 6 heteroatoms. The topological polar surface area (TPSA) is 48.9 Å². The zero-order chi connectivity index (χ0) is 12.8. The van der Waals surface area contributed by atoms with Crippen molar-refractivity contribution in [3.63, 3.8) is 0 Å². The molecule has 98 valence electrons. The molecule has 2 rings (SSSR count). The van der Waals surface area contributed by atoms with E-state index in [0.29, 0.717) is 0 Å². The molecule has 0 unspecified atom stereocenters. The third-order valence-electron chi connectivity index (χ3n) is 2.67. The normalized spacial score (nSPS) is 15.1. The Morgan fingerprint density at radius 3 is 2.56 bits per heavy atom. The first-order chi connectivity index (χ1) is 8.83. The zero-order valence-electron chi connectivity index (χ0n) is 10.6. The average molecular weight is 266 g/mol. The summed E-state index contributed by atoms with van der Waals surface area (Å²) in [6, 6.07) is 8.22. The van der Waals surface area contributed by atoms with Crippen molar-refractivity contribution in [3.05, 3.63) is 24.3 Å². The summed E-state index contributed by atoms with van der Waals surface area (Å²) in [6.07, 6.45) is 0. The van der Waals surface area contributed by atoms with E-state index in [1.165, 1.54) is 17.7 Å². The van der Waals surface area contributed by atoms with Crippen molar-refractivity contribution < 1.29 is 4.18 Å². The molecular weight excluding hydrogens is 248 g/mol. The molecule has 1 aromatic carbocycles. The van der Waals surface area contributed by atoms with E-state index in [1.54, 1.807) is 0 Å². The molecule has 0 amide bonds. The number of guanidine groups is 1. The molecule has 0 bridgehead atoms. The number of aliphatic imine (C=N–C) groups is 1. The first-order valence-corrected chi connectivity index (χ1v) is 6.78. The van der Waals surface area contributed by atoms with E-state index in [9.17, 15) is 0 Å². The maximum Gasteiger partial charge on any atom is 0.195 e. The van der Waals surface area contributed by atoms with Gasteiger partial charge in [0, 0.05) is 38.4 Å². The van der Waals surface area contributed by atoms with Crippen LogP contribution in [-0.4, -0.2) is 39.1 Å². The lowest BCUT2D eigenvalue weighted by Gasteiger charge is -2.27. The predicted octanol–water partition coefficient (Wildman–Crippen LogP) is 1.56. The summed E-state index contributed by atoms with van der Waals surface area (Å²) in [4.78, 5) is 6.72. The molecule has 18 heavy (non-hydrogen) atoms. The number of anilines is 1. The second-order valence-electron chi connectivity index (χ2n) is 3.81. The maximum atomic E-state index is 5.26. The summed E-state index contributed by atoms with van der Waals surface area (Å²) in [5, 5.41) is 5.97. The Balaban J connectivity index is 2.07. The summed E-state index contributed by atoms with van der Waals surface area (Å²) in [5.41, 5.74) is 2.14. The van der Waals surface area contributed by atoms with Crippen molar-refractivity contribution in [2.75, 3.05) is 38.0 Å². The number of nitrogens with one attached hydrogen (secondary N) is 2. The van der Waals surface area contributed by atoms with Gasteiger partial charge in [-0.1, -0.05) is 0 Å². The van der Waals surface area contributed by atoms with E-state index in [-0.39, 0.29) is 0 Å². The van der Waals surface area contributed by atoms with Gasteiger partial charge < -0.3 is 19.7 Å². The van der Waals surface area contributed by atoms with Crippen LogP contribution >= 0.6 is 12.0 Å². The summed E-state index contributed by atoms with van der Waals surface area (Å²) in [5.74, 6) is 1.63. The second-order valence-corrected chi connectivity index (χ2v) is 4.54. The largest absolute Gasteiger partial charge is 0.359 e. The van der Waals surface area contributed by atoms with Crippen LogP contribution < -0.4 is 15.5 Å². The lowest BCUT2D eigenvalue weighted by Crippen LogP contribution is -2.31. The van der Waals surface area contributed by atoms with E-state index in [0.717, 1.165) is 30.7 Å². The van der Waals surface area contributed by atoms with Crippen molar-refractivity contribution in [2.24, 2.45) is 4.99 Å². The van der Waals surface area contributed by atoms with Gasteiger partial charge in [0.25, 0.3) is 0 Å². The molecule has 1 saturated heterocycles. The van der Waals surface area contributed by atoms with Gasteiger partial charge in [0.1, 0.15) is 0 Å². The molecule has 0 aromatic heterocycles. The second kappa shape index (κ2) is 6.51. The number of hydrogen-bond acceptors (Lipinski definition) is 4. The van der Waals surface area contributed by atoms with E-state index < -0.39 is 0 Å². The minimum Gasteiger partial charge on any atom is -0.359 e. The smallest absolute Gasteiger partial charge is 0.195 e. The highest BCUT2D eigenvalue weighted by molar-refractivity contribution is 7.94. The molecular formula is C12H18N4OS. The Morgan fingerprint density at radius 2 is 2.00 bits per heavy atom. The molecule has 1 aliphatic heterocycles. The Kier molecular flexibility index (Phi) is 4.72. The Bertz CT molecular complexity index is 395. The predicted molar refractivity (Wildman–Crippen MR) is 77.4 cm³/mol. The fourth-order valence-corrected chi connectivity index (χ4v) is 2.35. The van der Waals surface area contributed by atoms with Gasteiger partial charge in [0.15, 0.2) is 5.96 Å². The SMILES string of the molecule is CNC(=Nc1ccc(N2CCOSC2)cc1)NC. The fourth-order valence-electron chi connectivity index (χ4n) is 1.68. The average Bonchev–Trinajstić information content (AvgIpc) is 2.46. The molecule has 1 heterocycles. The molecule has 0 saturated carbocycles. The molecule has 0 aliphatic carbocycles. The van der Waals surface area contributed by atoms with Gasteiger partial charge in [-0.25, -0.2) is 4.99 Å². The van der Waals surface area contributed by atoms with E-state index in [2.05, 4.69) is 32.7 Å². The quantitative estimate of drug-likeness (QED) is 0.483. The zero-order valence-corrected chi connectivity index (χ0v) is 11.5. The Hall–Kier alpha value is -1.40. The van der Waals surface area contributed by atoms with Crippen LogP contribution in [0.4, 0.5) is 11.4 Å². The van der Waals surface area contributed by atoms with E-state index in [4.69, 9.17) is 4.18 Å². The van der Waals surface area contributed by atoms with Gasteiger partial charge in [-0.05, 0) is 24.3 Å². The third-order valence-corrected chi connectivity index (χ3v) is 3.42. The number of rotatable bonds is 2. The van der Waals surface area contributed by atoms with Crippen LogP contribution in [0.15, 0.2) is 29.3 Å². The highest BCUT2D eigenvalue weighted by Crippen LogP contribution is 2.23. The standard InChI is InChI=1S/C12H18N4OS/c1-13-12(14-2)15-10-3-5-11(6-4-10)16-7-8-17-18-9-16/h3-6H,7-9H2,1-2H3,(H2,13,14,15).